The zero-order valence-corrected chi connectivity index (χ0v) is 16.4. The second-order valence-electron chi connectivity index (χ2n) is 5.62. The highest BCUT2D eigenvalue weighted by Gasteiger charge is 2.20. The Morgan fingerprint density at radius 2 is 1.96 bits per heavy atom. The van der Waals surface area contributed by atoms with E-state index in [4.69, 9.17) is 23.2 Å². The Bertz CT molecular complexity index is 944. The molecule has 0 saturated heterocycles. The molecular formula is C18H16Cl2N4OS. The summed E-state index contributed by atoms with van der Waals surface area (Å²) < 4.78 is 1.87. The highest BCUT2D eigenvalue weighted by Crippen LogP contribution is 2.31. The second kappa shape index (κ2) is 8.12. The number of hydrogen-bond donors (Lipinski definition) is 1. The van der Waals surface area contributed by atoms with Gasteiger partial charge in [0.25, 0.3) is 0 Å². The van der Waals surface area contributed by atoms with Gasteiger partial charge in [-0.2, -0.15) is 0 Å². The van der Waals surface area contributed by atoms with E-state index < -0.39 is 5.25 Å². The van der Waals surface area contributed by atoms with Gasteiger partial charge in [-0.3, -0.25) is 9.36 Å². The Morgan fingerprint density at radius 1 is 1.19 bits per heavy atom. The van der Waals surface area contributed by atoms with Crippen molar-refractivity contribution in [1.82, 2.24) is 14.8 Å². The van der Waals surface area contributed by atoms with Gasteiger partial charge in [-0.1, -0.05) is 59.2 Å². The predicted molar refractivity (Wildman–Crippen MR) is 107 cm³/mol. The number of anilines is 1. The average Bonchev–Trinajstić information content (AvgIpc) is 3.07. The molecule has 3 aromatic rings. The molecule has 0 saturated carbocycles. The predicted octanol–water partition coefficient (Wildman–Crippen LogP) is 5.00. The van der Waals surface area contributed by atoms with Crippen molar-refractivity contribution in [3.8, 4) is 5.69 Å². The third-order valence-corrected chi connectivity index (χ3v) is 5.63. The lowest BCUT2D eigenvalue weighted by Gasteiger charge is -2.14. The number of rotatable bonds is 5. The van der Waals surface area contributed by atoms with Crippen molar-refractivity contribution in [1.29, 1.82) is 0 Å². The van der Waals surface area contributed by atoms with Crippen LogP contribution in [0, 0.1) is 6.92 Å². The highest BCUT2D eigenvalue weighted by molar-refractivity contribution is 8.00. The molecule has 0 aliphatic carbocycles. The maximum Gasteiger partial charge on any atom is 0.237 e. The molecule has 1 N–H and O–H groups in total. The van der Waals surface area contributed by atoms with Crippen molar-refractivity contribution in [2.45, 2.75) is 24.3 Å². The Labute approximate surface area is 165 Å². The van der Waals surface area contributed by atoms with Crippen LogP contribution in [0.1, 0.15) is 12.5 Å². The lowest BCUT2D eigenvalue weighted by Crippen LogP contribution is -2.23. The fourth-order valence-electron chi connectivity index (χ4n) is 2.35. The van der Waals surface area contributed by atoms with Crippen LogP contribution >= 0.6 is 35.0 Å². The molecule has 0 bridgehead atoms. The minimum absolute atomic E-state index is 0.196. The van der Waals surface area contributed by atoms with Gasteiger partial charge in [0, 0.05) is 0 Å². The number of para-hydroxylation sites is 1. The maximum absolute atomic E-state index is 12.5. The lowest BCUT2D eigenvalue weighted by atomic mass is 10.2. The van der Waals surface area contributed by atoms with Gasteiger partial charge >= 0.3 is 0 Å². The summed E-state index contributed by atoms with van der Waals surface area (Å²) in [5.41, 5.74) is 2.56. The van der Waals surface area contributed by atoms with Crippen LogP contribution in [0.15, 0.2) is 53.9 Å². The van der Waals surface area contributed by atoms with Crippen molar-refractivity contribution in [3.05, 3.63) is 64.4 Å². The Kier molecular flexibility index (Phi) is 5.86. The van der Waals surface area contributed by atoms with E-state index in [-0.39, 0.29) is 5.91 Å². The number of nitrogens with one attached hydrogen (secondary N) is 1. The molecule has 1 amide bonds. The van der Waals surface area contributed by atoms with Crippen LogP contribution in [0.5, 0.6) is 0 Å². The quantitative estimate of drug-likeness (QED) is 0.605. The number of halogens is 2. The fourth-order valence-corrected chi connectivity index (χ4v) is 3.53. The summed E-state index contributed by atoms with van der Waals surface area (Å²) in [6.07, 6.45) is 1.64. The van der Waals surface area contributed by atoms with Crippen LogP contribution < -0.4 is 5.32 Å². The summed E-state index contributed by atoms with van der Waals surface area (Å²) in [4.78, 5) is 12.5. The minimum atomic E-state index is -0.406. The molecule has 1 aromatic heterocycles. The topological polar surface area (TPSA) is 59.8 Å². The number of aryl methyl sites for hydroxylation is 1. The molecule has 134 valence electrons. The van der Waals surface area contributed by atoms with Gasteiger partial charge < -0.3 is 5.32 Å². The number of benzene rings is 2. The molecule has 0 aliphatic heterocycles. The molecule has 26 heavy (non-hydrogen) atoms. The van der Waals surface area contributed by atoms with E-state index in [0.717, 1.165) is 11.3 Å². The van der Waals surface area contributed by atoms with E-state index in [2.05, 4.69) is 15.5 Å². The van der Waals surface area contributed by atoms with Crippen LogP contribution in [-0.2, 0) is 4.79 Å². The standard InChI is InChI=1S/C18H16Cl2N4OS/c1-11-6-3-4-9-15(11)24-10-21-23-18(24)26-12(2)17(25)22-14-8-5-7-13(19)16(14)20/h3-10,12H,1-2H3,(H,22,25). The number of thioether (sulfide) groups is 1. The first kappa shape index (κ1) is 18.8. The van der Waals surface area contributed by atoms with Gasteiger partial charge in [0.1, 0.15) is 6.33 Å². The molecule has 2 aromatic carbocycles. The molecule has 3 rings (SSSR count). The smallest absolute Gasteiger partial charge is 0.237 e. The fraction of sp³-hybridized carbons (Fsp3) is 0.167. The summed E-state index contributed by atoms with van der Waals surface area (Å²) in [6, 6.07) is 13.0. The van der Waals surface area contributed by atoms with E-state index >= 15 is 0 Å². The van der Waals surface area contributed by atoms with Crippen molar-refractivity contribution < 1.29 is 4.79 Å². The molecule has 1 atom stereocenters. The molecule has 8 heteroatoms. The third-order valence-electron chi connectivity index (χ3n) is 3.75. The van der Waals surface area contributed by atoms with Crippen molar-refractivity contribution in [2.75, 3.05) is 5.32 Å². The van der Waals surface area contributed by atoms with E-state index in [1.165, 1.54) is 11.8 Å². The largest absolute Gasteiger partial charge is 0.324 e. The average molecular weight is 407 g/mol. The van der Waals surface area contributed by atoms with Gasteiger partial charge in [-0.15, -0.1) is 10.2 Å². The van der Waals surface area contributed by atoms with Crippen LogP contribution in [0.4, 0.5) is 5.69 Å². The van der Waals surface area contributed by atoms with E-state index in [1.54, 1.807) is 31.5 Å². The summed E-state index contributed by atoms with van der Waals surface area (Å²) in [7, 11) is 0. The Morgan fingerprint density at radius 3 is 2.73 bits per heavy atom. The molecule has 0 aliphatic rings. The lowest BCUT2D eigenvalue weighted by molar-refractivity contribution is -0.115. The SMILES string of the molecule is Cc1ccccc1-n1cnnc1SC(C)C(=O)Nc1cccc(Cl)c1Cl. The number of carbonyl (C=O) groups is 1. The Hall–Kier alpha value is -2.02. The van der Waals surface area contributed by atoms with Crippen LogP contribution in [0.2, 0.25) is 10.0 Å². The van der Waals surface area contributed by atoms with Gasteiger partial charge in [0.2, 0.25) is 5.91 Å². The number of hydrogen-bond acceptors (Lipinski definition) is 4. The molecule has 1 heterocycles. The third kappa shape index (κ3) is 4.03. The first-order chi connectivity index (χ1) is 12.5. The summed E-state index contributed by atoms with van der Waals surface area (Å²) >= 11 is 13.4. The molecule has 5 nitrogen and oxygen atoms in total. The first-order valence-corrected chi connectivity index (χ1v) is 9.48. The summed E-state index contributed by atoms with van der Waals surface area (Å²) in [6.45, 7) is 3.82. The molecule has 0 radical (unpaired) electrons. The van der Waals surface area contributed by atoms with Gasteiger partial charge in [0.15, 0.2) is 5.16 Å². The van der Waals surface area contributed by atoms with Crippen molar-refractivity contribution >= 4 is 46.6 Å². The highest BCUT2D eigenvalue weighted by atomic mass is 35.5. The summed E-state index contributed by atoms with van der Waals surface area (Å²) in [5, 5.41) is 11.9. The number of aromatic nitrogens is 3. The molecule has 0 spiro atoms. The zero-order chi connectivity index (χ0) is 18.7. The number of carbonyl (C=O) groups excluding carboxylic acids is 1. The van der Waals surface area contributed by atoms with E-state index in [9.17, 15) is 4.79 Å². The van der Waals surface area contributed by atoms with Crippen LogP contribution in [0.3, 0.4) is 0 Å². The minimum Gasteiger partial charge on any atom is -0.324 e. The Balaban J connectivity index is 1.76. The maximum atomic E-state index is 12.5. The number of nitrogens with zero attached hydrogens (tertiary/aromatic N) is 3. The van der Waals surface area contributed by atoms with E-state index in [0.29, 0.717) is 20.9 Å². The molecular weight excluding hydrogens is 391 g/mol. The zero-order valence-electron chi connectivity index (χ0n) is 14.1. The number of amides is 1. The van der Waals surface area contributed by atoms with Crippen LogP contribution in [-0.4, -0.2) is 25.9 Å². The monoisotopic (exact) mass is 406 g/mol. The summed E-state index contributed by atoms with van der Waals surface area (Å²) in [5.74, 6) is -0.196. The second-order valence-corrected chi connectivity index (χ2v) is 7.71. The van der Waals surface area contributed by atoms with Crippen molar-refractivity contribution in [3.63, 3.8) is 0 Å². The van der Waals surface area contributed by atoms with Crippen LogP contribution in [0.25, 0.3) is 5.69 Å². The normalized spacial score (nSPS) is 12.0. The van der Waals surface area contributed by atoms with Gasteiger partial charge in [-0.05, 0) is 37.6 Å². The molecule has 1 unspecified atom stereocenters. The first-order valence-electron chi connectivity index (χ1n) is 7.85. The van der Waals surface area contributed by atoms with Gasteiger partial charge in [0.05, 0.1) is 26.7 Å². The van der Waals surface area contributed by atoms with E-state index in [1.807, 2.05) is 35.8 Å². The molecule has 0 fully saturated rings. The van der Waals surface area contributed by atoms with Gasteiger partial charge in [-0.25, -0.2) is 0 Å². The van der Waals surface area contributed by atoms with Crippen molar-refractivity contribution in [2.24, 2.45) is 0 Å².